The number of rotatable bonds is 3. The Hall–Kier alpha value is -1.88. The second-order valence-electron chi connectivity index (χ2n) is 4.38. The lowest BCUT2D eigenvalue weighted by Gasteiger charge is -2.17. The Labute approximate surface area is 125 Å². The Kier molecular flexibility index (Phi) is 4.39. The smallest absolute Gasteiger partial charge is 0.325 e. The summed E-state index contributed by atoms with van der Waals surface area (Å²) in [7, 11) is 2.88. The van der Waals surface area contributed by atoms with Crippen LogP contribution in [-0.2, 0) is 9.53 Å². The van der Waals surface area contributed by atoms with E-state index in [0.29, 0.717) is 5.56 Å². The molecule has 0 N–H and O–H groups in total. The third kappa shape index (κ3) is 2.82. The van der Waals surface area contributed by atoms with E-state index in [9.17, 15) is 9.59 Å². The number of methoxy groups -OCH3 is 1. The zero-order valence-corrected chi connectivity index (χ0v) is 12.8. The van der Waals surface area contributed by atoms with Gasteiger partial charge in [-0.3, -0.25) is 9.59 Å². The summed E-state index contributed by atoms with van der Waals surface area (Å²) in [5.41, 5.74) is 0.565. The number of ether oxygens (including phenoxy) is 1. The zero-order chi connectivity index (χ0) is 14.7. The van der Waals surface area contributed by atoms with Crippen LogP contribution in [0.1, 0.15) is 10.4 Å². The van der Waals surface area contributed by atoms with Gasteiger partial charge in [0.1, 0.15) is 6.54 Å². The van der Waals surface area contributed by atoms with Crippen LogP contribution in [0, 0.1) is 0 Å². The topological polar surface area (TPSA) is 46.6 Å². The molecule has 5 heteroatoms. The van der Waals surface area contributed by atoms with Crippen molar-refractivity contribution in [3.8, 4) is 0 Å². The second-order valence-corrected chi connectivity index (χ2v) is 5.23. The van der Waals surface area contributed by atoms with Gasteiger partial charge in [-0.25, -0.2) is 0 Å². The first kappa shape index (κ1) is 14.5. The van der Waals surface area contributed by atoms with Gasteiger partial charge in [0.05, 0.1) is 7.11 Å². The number of amides is 1. The summed E-state index contributed by atoms with van der Waals surface area (Å²) in [6, 6.07) is 11.2. The summed E-state index contributed by atoms with van der Waals surface area (Å²) in [4.78, 5) is 25.0. The Balaban J connectivity index is 2.40. The quantitative estimate of drug-likeness (QED) is 0.810. The van der Waals surface area contributed by atoms with Crippen LogP contribution in [0.15, 0.2) is 40.9 Å². The molecular weight excluding hydrogens is 322 g/mol. The minimum absolute atomic E-state index is 0.0697. The number of likely N-dealkylation sites (N-methyl/N-ethyl adjacent to an activating group) is 1. The number of fused-ring (bicyclic) bond motifs is 1. The molecule has 4 nitrogen and oxygen atoms in total. The Morgan fingerprint density at radius 3 is 2.50 bits per heavy atom. The molecule has 104 valence electrons. The maximum atomic E-state index is 12.4. The molecule has 0 spiro atoms. The van der Waals surface area contributed by atoms with E-state index >= 15 is 0 Å². The first-order valence-electron chi connectivity index (χ1n) is 6.04. The summed E-state index contributed by atoms with van der Waals surface area (Å²) >= 11 is 3.47. The van der Waals surface area contributed by atoms with Gasteiger partial charge in [0.25, 0.3) is 5.91 Å². The third-order valence-electron chi connectivity index (χ3n) is 3.04. The van der Waals surface area contributed by atoms with E-state index in [0.717, 1.165) is 15.2 Å². The Morgan fingerprint density at radius 1 is 1.15 bits per heavy atom. The molecule has 0 atom stereocenters. The van der Waals surface area contributed by atoms with E-state index in [4.69, 9.17) is 0 Å². The van der Waals surface area contributed by atoms with Crippen LogP contribution < -0.4 is 0 Å². The molecule has 0 radical (unpaired) electrons. The van der Waals surface area contributed by atoms with Gasteiger partial charge in [0.15, 0.2) is 0 Å². The van der Waals surface area contributed by atoms with Crippen LogP contribution in [0.25, 0.3) is 10.8 Å². The molecule has 0 aliphatic rings. The highest BCUT2D eigenvalue weighted by Gasteiger charge is 2.17. The van der Waals surface area contributed by atoms with Gasteiger partial charge in [-0.05, 0) is 22.9 Å². The van der Waals surface area contributed by atoms with Crippen molar-refractivity contribution in [1.82, 2.24) is 4.90 Å². The molecule has 0 unspecified atom stereocenters. The van der Waals surface area contributed by atoms with Gasteiger partial charge in [-0.1, -0.05) is 40.2 Å². The van der Waals surface area contributed by atoms with Crippen molar-refractivity contribution in [1.29, 1.82) is 0 Å². The van der Waals surface area contributed by atoms with E-state index in [2.05, 4.69) is 20.7 Å². The molecule has 0 fully saturated rings. The van der Waals surface area contributed by atoms with Crippen molar-refractivity contribution < 1.29 is 14.3 Å². The summed E-state index contributed by atoms with van der Waals surface area (Å²) in [5.74, 6) is -0.652. The molecule has 0 aromatic heterocycles. The highest BCUT2D eigenvalue weighted by Crippen LogP contribution is 2.26. The number of carbonyl (C=O) groups excluding carboxylic acids is 2. The predicted octanol–water partition coefficient (Wildman–Crippen LogP) is 2.85. The van der Waals surface area contributed by atoms with Crippen molar-refractivity contribution >= 4 is 38.6 Å². The normalized spacial score (nSPS) is 10.3. The van der Waals surface area contributed by atoms with Gasteiger partial charge >= 0.3 is 5.97 Å². The number of hydrogen-bond acceptors (Lipinski definition) is 3. The first-order valence-corrected chi connectivity index (χ1v) is 6.83. The fraction of sp³-hybridized carbons (Fsp3) is 0.200. The molecule has 0 saturated heterocycles. The molecule has 2 aromatic carbocycles. The average molecular weight is 336 g/mol. The minimum atomic E-state index is -0.442. The highest BCUT2D eigenvalue weighted by molar-refractivity contribution is 9.10. The molecule has 20 heavy (non-hydrogen) atoms. The molecule has 0 heterocycles. The zero-order valence-electron chi connectivity index (χ0n) is 11.2. The van der Waals surface area contributed by atoms with E-state index in [1.807, 2.05) is 30.3 Å². The van der Waals surface area contributed by atoms with E-state index in [-0.39, 0.29) is 12.5 Å². The number of hydrogen-bond donors (Lipinski definition) is 0. The molecule has 2 aromatic rings. The van der Waals surface area contributed by atoms with Crippen molar-refractivity contribution in [2.24, 2.45) is 0 Å². The second kappa shape index (κ2) is 6.05. The number of carbonyl (C=O) groups is 2. The fourth-order valence-electron chi connectivity index (χ4n) is 1.99. The lowest BCUT2D eigenvalue weighted by Crippen LogP contribution is -2.32. The summed E-state index contributed by atoms with van der Waals surface area (Å²) in [5, 5.41) is 1.81. The van der Waals surface area contributed by atoms with Gasteiger partial charge in [-0.15, -0.1) is 0 Å². The van der Waals surface area contributed by atoms with Crippen LogP contribution in [0.5, 0.6) is 0 Å². The average Bonchev–Trinajstić information content (AvgIpc) is 2.46. The van der Waals surface area contributed by atoms with Crippen LogP contribution >= 0.6 is 15.9 Å². The van der Waals surface area contributed by atoms with Crippen molar-refractivity contribution in [3.05, 3.63) is 46.4 Å². The molecule has 2 rings (SSSR count). The molecule has 1 amide bonds. The fourth-order valence-corrected chi connectivity index (χ4v) is 2.49. The molecule has 0 aliphatic heterocycles. The lowest BCUT2D eigenvalue weighted by molar-refractivity contribution is -0.141. The third-order valence-corrected chi connectivity index (χ3v) is 3.73. The van der Waals surface area contributed by atoms with Crippen LogP contribution in [0.2, 0.25) is 0 Å². The maximum Gasteiger partial charge on any atom is 0.325 e. The number of halogens is 1. The van der Waals surface area contributed by atoms with Crippen LogP contribution in [0.4, 0.5) is 0 Å². The Bertz CT molecular complexity index is 669. The molecule has 0 bridgehead atoms. The molecular formula is C15H14BrNO3. The van der Waals surface area contributed by atoms with Gasteiger partial charge < -0.3 is 9.64 Å². The summed E-state index contributed by atoms with van der Waals surface area (Å²) in [6.45, 7) is -0.0697. The Morgan fingerprint density at radius 2 is 1.80 bits per heavy atom. The standard InChI is InChI=1S/C15H14BrNO3/c1-17(9-14(18)20-2)15(19)12-7-3-6-11-10(12)5-4-8-13(11)16/h3-8H,9H2,1-2H3. The van der Waals surface area contributed by atoms with Crippen LogP contribution in [0.3, 0.4) is 0 Å². The summed E-state index contributed by atoms with van der Waals surface area (Å²) < 4.78 is 5.50. The van der Waals surface area contributed by atoms with E-state index < -0.39 is 5.97 Å². The van der Waals surface area contributed by atoms with Crippen LogP contribution in [-0.4, -0.2) is 37.5 Å². The monoisotopic (exact) mass is 335 g/mol. The van der Waals surface area contributed by atoms with Gasteiger partial charge in [0, 0.05) is 17.1 Å². The van der Waals surface area contributed by atoms with E-state index in [1.54, 1.807) is 13.1 Å². The lowest BCUT2D eigenvalue weighted by atomic mass is 10.0. The molecule has 0 aliphatic carbocycles. The van der Waals surface area contributed by atoms with E-state index in [1.165, 1.54) is 12.0 Å². The number of benzene rings is 2. The highest BCUT2D eigenvalue weighted by atomic mass is 79.9. The first-order chi connectivity index (χ1) is 9.54. The van der Waals surface area contributed by atoms with Gasteiger partial charge in [-0.2, -0.15) is 0 Å². The maximum absolute atomic E-state index is 12.4. The van der Waals surface area contributed by atoms with Crippen molar-refractivity contribution in [2.45, 2.75) is 0 Å². The summed E-state index contributed by atoms with van der Waals surface area (Å²) in [6.07, 6.45) is 0. The van der Waals surface area contributed by atoms with Crippen molar-refractivity contribution in [2.75, 3.05) is 20.7 Å². The van der Waals surface area contributed by atoms with Crippen molar-refractivity contribution in [3.63, 3.8) is 0 Å². The molecule has 0 saturated carbocycles. The largest absolute Gasteiger partial charge is 0.468 e. The SMILES string of the molecule is COC(=O)CN(C)C(=O)c1cccc2c(Br)cccc12. The number of nitrogens with zero attached hydrogens (tertiary/aromatic N) is 1. The predicted molar refractivity (Wildman–Crippen MR) is 80.6 cm³/mol. The minimum Gasteiger partial charge on any atom is -0.468 e. The van der Waals surface area contributed by atoms with Gasteiger partial charge in [0.2, 0.25) is 0 Å². The number of esters is 1.